The van der Waals surface area contributed by atoms with Gasteiger partial charge in [-0.05, 0) is 12.8 Å². The summed E-state index contributed by atoms with van der Waals surface area (Å²) in [6.07, 6.45) is 5.17. The Balaban J connectivity index is 3.87. The number of hydrogen-bond donors (Lipinski definition) is 0. The van der Waals surface area contributed by atoms with Crippen LogP contribution < -0.4 is 0 Å². The second kappa shape index (κ2) is 8.90. The van der Waals surface area contributed by atoms with Gasteiger partial charge in [0, 0.05) is 12.5 Å². The van der Waals surface area contributed by atoms with Gasteiger partial charge in [0.2, 0.25) is 0 Å². The molecule has 1 atom stereocenters. The topological polar surface area (TPSA) is 26.3 Å². The van der Waals surface area contributed by atoms with Crippen molar-refractivity contribution in [1.29, 1.82) is 0 Å². The summed E-state index contributed by atoms with van der Waals surface area (Å²) in [5.74, 6) is 0.348. The monoisotopic (exact) mass is 214 g/mol. The van der Waals surface area contributed by atoms with Crippen molar-refractivity contribution < 1.29 is 9.53 Å². The Morgan fingerprint density at radius 2 is 1.80 bits per heavy atom. The van der Waals surface area contributed by atoms with Crippen LogP contribution in [0, 0.1) is 5.92 Å². The molecule has 0 aromatic heterocycles. The number of carbonyl (C=O) groups excluding carboxylic acids is 1. The molecule has 0 amide bonds. The highest BCUT2D eigenvalue weighted by molar-refractivity contribution is 5.84. The van der Waals surface area contributed by atoms with Crippen LogP contribution in [0.5, 0.6) is 0 Å². The molecule has 0 aromatic carbocycles. The van der Waals surface area contributed by atoms with Gasteiger partial charge in [-0.1, -0.05) is 47.0 Å². The van der Waals surface area contributed by atoms with E-state index in [2.05, 4.69) is 13.8 Å². The fourth-order valence-corrected chi connectivity index (χ4v) is 1.52. The zero-order valence-electron chi connectivity index (χ0n) is 10.7. The number of Topliss-reactive ketones (excluding diaryl/α,β-unsaturated/α-hetero) is 1. The van der Waals surface area contributed by atoms with Crippen molar-refractivity contribution in [3.8, 4) is 0 Å². The van der Waals surface area contributed by atoms with Crippen LogP contribution in [0.15, 0.2) is 0 Å². The highest BCUT2D eigenvalue weighted by atomic mass is 16.5. The van der Waals surface area contributed by atoms with Crippen molar-refractivity contribution in [2.24, 2.45) is 5.92 Å². The molecule has 0 fully saturated rings. The molecule has 0 radical (unpaired) electrons. The van der Waals surface area contributed by atoms with Gasteiger partial charge in [-0.2, -0.15) is 0 Å². The Morgan fingerprint density at radius 3 is 2.27 bits per heavy atom. The maximum absolute atomic E-state index is 11.8. The van der Waals surface area contributed by atoms with Crippen molar-refractivity contribution in [1.82, 2.24) is 0 Å². The highest BCUT2D eigenvalue weighted by Gasteiger charge is 2.20. The summed E-state index contributed by atoms with van der Waals surface area (Å²) in [7, 11) is 0. The van der Waals surface area contributed by atoms with Gasteiger partial charge in [0.05, 0.1) is 0 Å². The number of carbonyl (C=O) groups is 1. The minimum Gasteiger partial charge on any atom is -0.370 e. The van der Waals surface area contributed by atoms with Crippen LogP contribution in [0.3, 0.4) is 0 Å². The Labute approximate surface area is 94.4 Å². The van der Waals surface area contributed by atoms with Gasteiger partial charge in [0.25, 0.3) is 0 Å². The Bertz CT molecular complexity index is 164. The maximum atomic E-state index is 11.8. The van der Waals surface area contributed by atoms with Gasteiger partial charge in [0.15, 0.2) is 5.78 Å². The summed E-state index contributed by atoms with van der Waals surface area (Å²) in [4.78, 5) is 11.8. The molecule has 0 aliphatic heterocycles. The minimum atomic E-state index is -0.160. The van der Waals surface area contributed by atoms with E-state index < -0.39 is 0 Å². The molecule has 0 heterocycles. The fourth-order valence-electron chi connectivity index (χ4n) is 1.52. The molecule has 0 aromatic rings. The molecule has 0 aliphatic carbocycles. The van der Waals surface area contributed by atoms with Crippen molar-refractivity contribution in [3.05, 3.63) is 0 Å². The lowest BCUT2D eigenvalue weighted by Crippen LogP contribution is -2.28. The average molecular weight is 214 g/mol. The molecule has 0 saturated carbocycles. The van der Waals surface area contributed by atoms with E-state index in [0.29, 0.717) is 0 Å². The highest BCUT2D eigenvalue weighted by Crippen LogP contribution is 2.10. The van der Waals surface area contributed by atoms with Gasteiger partial charge in [-0.15, -0.1) is 0 Å². The standard InChI is InChI=1S/C13H26O2/c1-5-7-8-10-15-12(9-6-2)13(14)11(3)4/h11-12H,5-10H2,1-4H3/t12-/m1/s1. The third-order valence-electron chi connectivity index (χ3n) is 2.50. The van der Waals surface area contributed by atoms with E-state index in [0.717, 1.165) is 25.9 Å². The smallest absolute Gasteiger partial charge is 0.164 e. The van der Waals surface area contributed by atoms with E-state index in [-0.39, 0.29) is 17.8 Å². The molecule has 0 N–H and O–H groups in total. The summed E-state index contributed by atoms with van der Waals surface area (Å²) in [5, 5.41) is 0. The number of rotatable bonds is 9. The van der Waals surface area contributed by atoms with Gasteiger partial charge >= 0.3 is 0 Å². The third kappa shape index (κ3) is 6.67. The Morgan fingerprint density at radius 1 is 1.13 bits per heavy atom. The van der Waals surface area contributed by atoms with Crippen LogP contribution >= 0.6 is 0 Å². The number of hydrogen-bond acceptors (Lipinski definition) is 2. The van der Waals surface area contributed by atoms with Gasteiger partial charge in [0.1, 0.15) is 6.10 Å². The first-order valence-electron chi connectivity index (χ1n) is 6.28. The molecule has 2 nitrogen and oxygen atoms in total. The molecule has 90 valence electrons. The van der Waals surface area contributed by atoms with Gasteiger partial charge < -0.3 is 4.74 Å². The average Bonchev–Trinajstić information content (AvgIpc) is 2.21. The van der Waals surface area contributed by atoms with Crippen molar-refractivity contribution in [2.45, 2.75) is 65.9 Å². The van der Waals surface area contributed by atoms with E-state index in [1.807, 2.05) is 13.8 Å². The summed E-state index contributed by atoms with van der Waals surface area (Å²) >= 11 is 0. The van der Waals surface area contributed by atoms with E-state index >= 15 is 0 Å². The zero-order chi connectivity index (χ0) is 11.7. The largest absolute Gasteiger partial charge is 0.370 e. The lowest BCUT2D eigenvalue weighted by Gasteiger charge is -2.18. The first kappa shape index (κ1) is 14.6. The lowest BCUT2D eigenvalue weighted by atomic mass is 10.0. The van der Waals surface area contributed by atoms with E-state index in [1.54, 1.807) is 0 Å². The number of ketones is 1. The molecule has 0 spiro atoms. The van der Waals surface area contributed by atoms with Crippen LogP contribution in [-0.4, -0.2) is 18.5 Å². The molecule has 0 rings (SSSR count). The first-order valence-corrected chi connectivity index (χ1v) is 6.28. The summed E-state index contributed by atoms with van der Waals surface area (Å²) in [6.45, 7) is 8.89. The van der Waals surface area contributed by atoms with Crippen LogP contribution in [0.2, 0.25) is 0 Å². The van der Waals surface area contributed by atoms with E-state index in [1.165, 1.54) is 12.8 Å². The third-order valence-corrected chi connectivity index (χ3v) is 2.50. The van der Waals surface area contributed by atoms with E-state index in [9.17, 15) is 4.79 Å². The van der Waals surface area contributed by atoms with Crippen molar-refractivity contribution in [2.75, 3.05) is 6.61 Å². The molecule has 0 unspecified atom stereocenters. The van der Waals surface area contributed by atoms with Gasteiger partial charge in [-0.3, -0.25) is 4.79 Å². The second-order valence-corrected chi connectivity index (χ2v) is 4.41. The van der Waals surface area contributed by atoms with Crippen LogP contribution in [-0.2, 0) is 9.53 Å². The van der Waals surface area contributed by atoms with Gasteiger partial charge in [-0.25, -0.2) is 0 Å². The van der Waals surface area contributed by atoms with Crippen molar-refractivity contribution >= 4 is 5.78 Å². The lowest BCUT2D eigenvalue weighted by molar-refractivity contribution is -0.134. The quantitative estimate of drug-likeness (QED) is 0.548. The fraction of sp³-hybridized carbons (Fsp3) is 0.923. The minimum absolute atomic E-state index is 0.0905. The van der Waals surface area contributed by atoms with Crippen LogP contribution in [0.25, 0.3) is 0 Å². The summed E-state index contributed by atoms with van der Waals surface area (Å²) < 4.78 is 5.66. The molecule has 0 bridgehead atoms. The number of unbranched alkanes of at least 4 members (excludes halogenated alkanes) is 2. The molecule has 15 heavy (non-hydrogen) atoms. The van der Waals surface area contributed by atoms with Crippen LogP contribution in [0.4, 0.5) is 0 Å². The molecular formula is C13H26O2. The summed E-state index contributed by atoms with van der Waals surface area (Å²) in [5.41, 5.74) is 0. The first-order chi connectivity index (χ1) is 7.13. The molecule has 2 heteroatoms. The van der Waals surface area contributed by atoms with Crippen molar-refractivity contribution in [3.63, 3.8) is 0 Å². The second-order valence-electron chi connectivity index (χ2n) is 4.41. The summed E-state index contributed by atoms with van der Waals surface area (Å²) in [6, 6.07) is 0. The maximum Gasteiger partial charge on any atom is 0.164 e. The van der Waals surface area contributed by atoms with E-state index in [4.69, 9.17) is 4.74 Å². The molecular weight excluding hydrogens is 188 g/mol. The predicted octanol–water partition coefficient (Wildman–Crippen LogP) is 3.59. The SMILES string of the molecule is CCCCCO[C@H](CCC)C(=O)C(C)C. The van der Waals surface area contributed by atoms with Crippen LogP contribution in [0.1, 0.15) is 59.8 Å². The molecule has 0 aliphatic rings. The Hall–Kier alpha value is -0.370. The predicted molar refractivity (Wildman–Crippen MR) is 64.0 cm³/mol. The normalized spacial score (nSPS) is 13.1. The number of ether oxygens (including phenoxy) is 1. The Kier molecular flexibility index (Phi) is 8.68. The zero-order valence-corrected chi connectivity index (χ0v) is 10.7. The molecule has 0 saturated heterocycles.